The van der Waals surface area contributed by atoms with E-state index in [1.165, 1.54) is 7.05 Å². The molecule has 1 fully saturated rings. The van der Waals surface area contributed by atoms with Gasteiger partial charge < -0.3 is 0 Å². The number of benzene rings is 1. The fourth-order valence-corrected chi connectivity index (χ4v) is 4.02. The number of hydrogen-bond acceptors (Lipinski definition) is 5. The molecule has 0 bridgehead atoms. The molecule has 1 saturated heterocycles. The molecule has 1 aromatic carbocycles. The van der Waals surface area contributed by atoms with Gasteiger partial charge in [0.2, 0.25) is 10.0 Å². The topological polar surface area (TPSA) is 75.2 Å². The van der Waals surface area contributed by atoms with Crippen molar-refractivity contribution < 1.29 is 8.42 Å². The number of piperidine rings is 1. The number of hydrogen-bond donors (Lipinski definition) is 1. The Morgan fingerprint density at radius 2 is 2.00 bits per heavy atom. The molecule has 2 aromatic rings. The predicted molar refractivity (Wildman–Crippen MR) is 96.7 cm³/mol. The molecular weight excluding hydrogens is 336 g/mol. The summed E-state index contributed by atoms with van der Waals surface area (Å²) >= 11 is 0. The monoisotopic (exact) mass is 360 g/mol. The van der Waals surface area contributed by atoms with E-state index in [2.05, 4.69) is 19.6 Å². The molecule has 25 heavy (non-hydrogen) atoms. The van der Waals surface area contributed by atoms with Gasteiger partial charge in [0.05, 0.1) is 4.90 Å². The maximum Gasteiger partial charge on any atom is 0.240 e. The summed E-state index contributed by atoms with van der Waals surface area (Å²) in [6.07, 6.45) is 4.11. The largest absolute Gasteiger partial charge is 0.298 e. The smallest absolute Gasteiger partial charge is 0.240 e. The number of likely N-dealkylation sites (tertiary alicyclic amines) is 1. The predicted octanol–water partition coefficient (Wildman–Crippen LogP) is 2.07. The van der Waals surface area contributed by atoms with E-state index in [9.17, 15) is 8.42 Å². The summed E-state index contributed by atoms with van der Waals surface area (Å²) in [6.45, 7) is 4.76. The summed E-state index contributed by atoms with van der Waals surface area (Å²) in [5.41, 5.74) is 2.24. The van der Waals surface area contributed by atoms with Crippen molar-refractivity contribution in [2.24, 2.45) is 0 Å². The van der Waals surface area contributed by atoms with Gasteiger partial charge in [-0.2, -0.15) is 0 Å². The van der Waals surface area contributed by atoms with Crippen molar-refractivity contribution >= 4 is 10.0 Å². The van der Waals surface area contributed by atoms with E-state index < -0.39 is 10.0 Å². The van der Waals surface area contributed by atoms with Crippen molar-refractivity contribution in [1.82, 2.24) is 19.6 Å². The lowest BCUT2D eigenvalue weighted by Gasteiger charge is -2.32. The van der Waals surface area contributed by atoms with Crippen molar-refractivity contribution in [3.8, 4) is 0 Å². The van der Waals surface area contributed by atoms with Gasteiger partial charge in [0, 0.05) is 30.9 Å². The van der Waals surface area contributed by atoms with Crippen molar-refractivity contribution in [2.75, 3.05) is 20.1 Å². The van der Waals surface area contributed by atoms with Crippen molar-refractivity contribution in [3.05, 3.63) is 53.6 Å². The van der Waals surface area contributed by atoms with Crippen molar-refractivity contribution in [1.29, 1.82) is 0 Å². The minimum Gasteiger partial charge on any atom is -0.298 e. The quantitative estimate of drug-likeness (QED) is 0.883. The molecule has 7 heteroatoms. The van der Waals surface area contributed by atoms with Crippen molar-refractivity contribution in [2.45, 2.75) is 37.1 Å². The summed E-state index contributed by atoms with van der Waals surface area (Å²) in [4.78, 5) is 11.5. The van der Waals surface area contributed by atoms with Crippen LogP contribution in [0.25, 0.3) is 0 Å². The summed E-state index contributed by atoms with van der Waals surface area (Å²) < 4.78 is 25.9. The zero-order valence-electron chi connectivity index (χ0n) is 14.6. The number of aromatic nitrogens is 2. The van der Waals surface area contributed by atoms with E-state index in [0.29, 0.717) is 10.8 Å². The Labute approximate surface area is 149 Å². The van der Waals surface area contributed by atoms with E-state index in [0.717, 1.165) is 49.6 Å². The second kappa shape index (κ2) is 7.59. The zero-order chi connectivity index (χ0) is 17.9. The Bertz CT molecular complexity index is 821. The van der Waals surface area contributed by atoms with E-state index in [-0.39, 0.29) is 0 Å². The van der Waals surface area contributed by atoms with Gasteiger partial charge in [-0.3, -0.25) is 4.90 Å². The van der Waals surface area contributed by atoms with Gasteiger partial charge in [-0.15, -0.1) is 0 Å². The second-order valence-electron chi connectivity index (χ2n) is 6.45. The molecule has 3 rings (SSSR count). The average molecular weight is 360 g/mol. The maximum atomic E-state index is 11.8. The van der Waals surface area contributed by atoms with Crippen LogP contribution in [0.4, 0.5) is 0 Å². The van der Waals surface area contributed by atoms with Gasteiger partial charge in [-0.25, -0.2) is 23.1 Å². The second-order valence-corrected chi connectivity index (χ2v) is 8.34. The first-order chi connectivity index (χ1) is 12.0. The maximum absolute atomic E-state index is 11.8. The van der Waals surface area contributed by atoms with Gasteiger partial charge in [-0.1, -0.05) is 12.1 Å². The number of aryl methyl sites for hydroxylation is 1. The molecule has 0 spiro atoms. The Morgan fingerprint density at radius 3 is 2.68 bits per heavy atom. The number of nitrogens with one attached hydrogen (secondary N) is 1. The van der Waals surface area contributed by atoms with Crippen LogP contribution < -0.4 is 4.72 Å². The van der Waals surface area contributed by atoms with Crippen LogP contribution in [0.15, 0.2) is 41.4 Å². The van der Waals surface area contributed by atoms with Crippen LogP contribution in [0.5, 0.6) is 0 Å². The van der Waals surface area contributed by atoms with Gasteiger partial charge in [0.25, 0.3) is 0 Å². The lowest BCUT2D eigenvalue weighted by atomic mass is 9.94. The molecule has 0 saturated carbocycles. The molecule has 1 aliphatic heterocycles. The SMILES string of the molecule is CNS(=O)(=O)c1ccc(CN2CCCC(c3ccnc(C)n3)C2)cc1. The summed E-state index contributed by atoms with van der Waals surface area (Å²) in [6, 6.07) is 9.12. The molecule has 2 heterocycles. The highest BCUT2D eigenvalue weighted by molar-refractivity contribution is 7.89. The first kappa shape index (κ1) is 18.0. The van der Waals surface area contributed by atoms with Gasteiger partial charge in [0.1, 0.15) is 5.82 Å². The summed E-state index contributed by atoms with van der Waals surface area (Å²) in [7, 11) is -1.95. The first-order valence-corrected chi connectivity index (χ1v) is 10.0. The van der Waals surface area contributed by atoms with Crippen LogP contribution in [0.2, 0.25) is 0 Å². The molecule has 1 unspecified atom stereocenters. The molecule has 1 aromatic heterocycles. The summed E-state index contributed by atoms with van der Waals surface area (Å²) in [5, 5.41) is 0. The molecule has 0 aliphatic carbocycles. The molecule has 6 nitrogen and oxygen atoms in total. The number of nitrogens with zero attached hydrogens (tertiary/aromatic N) is 3. The molecule has 1 atom stereocenters. The molecule has 0 amide bonds. The van der Waals surface area contributed by atoms with Crippen LogP contribution in [-0.2, 0) is 16.6 Å². The van der Waals surface area contributed by atoms with Crippen LogP contribution in [0.3, 0.4) is 0 Å². The molecular formula is C18H24N4O2S. The molecule has 1 N–H and O–H groups in total. The fraction of sp³-hybridized carbons (Fsp3) is 0.444. The highest BCUT2D eigenvalue weighted by atomic mass is 32.2. The Morgan fingerprint density at radius 1 is 1.24 bits per heavy atom. The minimum absolute atomic E-state index is 0.298. The standard InChI is InChI=1S/C18H24N4O2S/c1-14-20-10-9-18(21-14)16-4-3-11-22(13-16)12-15-5-7-17(8-6-15)25(23,24)19-2/h5-10,16,19H,3-4,11-13H2,1-2H3. The van der Waals surface area contributed by atoms with Crippen LogP contribution >= 0.6 is 0 Å². The fourth-order valence-electron chi connectivity index (χ4n) is 3.29. The van der Waals surface area contributed by atoms with E-state index in [1.807, 2.05) is 31.3 Å². The van der Waals surface area contributed by atoms with Gasteiger partial charge in [0.15, 0.2) is 0 Å². The zero-order valence-corrected chi connectivity index (χ0v) is 15.5. The lowest BCUT2D eigenvalue weighted by molar-refractivity contribution is 0.198. The number of sulfonamides is 1. The van der Waals surface area contributed by atoms with Crippen molar-refractivity contribution in [3.63, 3.8) is 0 Å². The van der Waals surface area contributed by atoms with E-state index in [1.54, 1.807) is 12.1 Å². The van der Waals surface area contributed by atoms with Crippen LogP contribution in [0, 0.1) is 6.92 Å². The van der Waals surface area contributed by atoms with Gasteiger partial charge in [-0.05, 0) is 57.1 Å². The minimum atomic E-state index is -3.37. The third kappa shape index (κ3) is 4.42. The Hall–Kier alpha value is -1.83. The van der Waals surface area contributed by atoms with Crippen LogP contribution in [-0.4, -0.2) is 43.4 Å². The average Bonchev–Trinajstić information content (AvgIpc) is 2.62. The lowest BCUT2D eigenvalue weighted by Crippen LogP contribution is -2.34. The third-order valence-corrected chi connectivity index (χ3v) is 6.06. The van der Waals surface area contributed by atoms with E-state index in [4.69, 9.17) is 0 Å². The molecule has 0 radical (unpaired) electrons. The van der Waals surface area contributed by atoms with Gasteiger partial charge >= 0.3 is 0 Å². The Kier molecular flexibility index (Phi) is 5.46. The van der Waals surface area contributed by atoms with E-state index >= 15 is 0 Å². The Balaban J connectivity index is 1.67. The first-order valence-electron chi connectivity index (χ1n) is 8.52. The number of rotatable bonds is 5. The molecule has 1 aliphatic rings. The third-order valence-electron chi connectivity index (χ3n) is 4.63. The molecule has 134 valence electrons. The highest BCUT2D eigenvalue weighted by Crippen LogP contribution is 2.26. The normalized spacial score (nSPS) is 19.0. The van der Waals surface area contributed by atoms with Crippen LogP contribution in [0.1, 0.15) is 35.8 Å². The highest BCUT2D eigenvalue weighted by Gasteiger charge is 2.22. The summed E-state index contributed by atoms with van der Waals surface area (Å²) in [5.74, 6) is 1.25.